The number of benzene rings is 2. The standard InChI is InChI=1S/C23H26N2OS/c1-6-11-25-20-10-9-18(15(2)3)13-21(20)27-23(25)24-22(26)14-19-8-7-16(4)12-17(19)5/h6-10,12-13,15H,1,11,14H2,2-5H3. The van der Waals surface area contributed by atoms with Crippen LogP contribution in [0.3, 0.4) is 0 Å². The quantitative estimate of drug-likeness (QED) is 0.555. The second-order valence-electron chi connectivity index (χ2n) is 7.28. The minimum atomic E-state index is -0.115. The second kappa shape index (κ2) is 8.05. The fourth-order valence-electron chi connectivity index (χ4n) is 3.19. The number of aromatic nitrogens is 1. The van der Waals surface area contributed by atoms with E-state index < -0.39 is 0 Å². The zero-order valence-electron chi connectivity index (χ0n) is 16.5. The van der Waals surface area contributed by atoms with Gasteiger partial charge in [-0.2, -0.15) is 4.99 Å². The third kappa shape index (κ3) is 4.28. The predicted molar refractivity (Wildman–Crippen MR) is 114 cm³/mol. The zero-order valence-corrected chi connectivity index (χ0v) is 17.3. The van der Waals surface area contributed by atoms with Gasteiger partial charge in [-0.25, -0.2) is 0 Å². The summed E-state index contributed by atoms with van der Waals surface area (Å²) in [6.07, 6.45) is 2.17. The van der Waals surface area contributed by atoms with Crippen molar-refractivity contribution in [2.75, 3.05) is 0 Å². The predicted octanol–water partition coefficient (Wildman–Crippen LogP) is 5.30. The molecule has 27 heavy (non-hydrogen) atoms. The third-order valence-corrected chi connectivity index (χ3v) is 5.79. The summed E-state index contributed by atoms with van der Waals surface area (Å²) in [5, 5.41) is 0. The number of hydrogen-bond acceptors (Lipinski definition) is 2. The maximum Gasteiger partial charge on any atom is 0.252 e. The van der Waals surface area contributed by atoms with Crippen molar-refractivity contribution in [2.45, 2.75) is 46.6 Å². The Morgan fingerprint density at radius 1 is 1.22 bits per heavy atom. The SMILES string of the molecule is C=CCn1c(=NC(=O)Cc2ccc(C)cc2C)sc2cc(C(C)C)ccc21. The van der Waals surface area contributed by atoms with Crippen LogP contribution in [-0.4, -0.2) is 10.5 Å². The molecule has 4 heteroatoms. The van der Waals surface area contributed by atoms with Crippen LogP contribution < -0.4 is 4.80 Å². The number of fused-ring (bicyclic) bond motifs is 1. The largest absolute Gasteiger partial charge is 0.313 e. The second-order valence-corrected chi connectivity index (χ2v) is 8.29. The van der Waals surface area contributed by atoms with Gasteiger partial charge in [-0.15, -0.1) is 6.58 Å². The molecule has 0 aliphatic heterocycles. The minimum absolute atomic E-state index is 0.115. The van der Waals surface area contributed by atoms with Crippen molar-refractivity contribution < 1.29 is 4.79 Å². The molecule has 1 amide bonds. The molecule has 0 aliphatic carbocycles. The Morgan fingerprint density at radius 2 is 2.00 bits per heavy atom. The minimum Gasteiger partial charge on any atom is -0.313 e. The Hall–Kier alpha value is -2.46. The molecule has 0 radical (unpaired) electrons. The molecule has 0 unspecified atom stereocenters. The molecule has 0 atom stereocenters. The summed E-state index contributed by atoms with van der Waals surface area (Å²) < 4.78 is 3.22. The van der Waals surface area contributed by atoms with Crippen molar-refractivity contribution >= 4 is 27.5 Å². The average molecular weight is 379 g/mol. The van der Waals surface area contributed by atoms with Crippen LogP contribution in [0.1, 0.15) is 42.0 Å². The highest BCUT2D eigenvalue weighted by molar-refractivity contribution is 7.16. The van der Waals surface area contributed by atoms with Crippen molar-refractivity contribution in [3.63, 3.8) is 0 Å². The van der Waals surface area contributed by atoms with E-state index in [9.17, 15) is 4.79 Å². The van der Waals surface area contributed by atoms with Crippen LogP contribution in [0.5, 0.6) is 0 Å². The number of amides is 1. The van der Waals surface area contributed by atoms with Gasteiger partial charge >= 0.3 is 0 Å². The number of thiazole rings is 1. The van der Waals surface area contributed by atoms with Crippen LogP contribution in [0.15, 0.2) is 54.0 Å². The fourth-order valence-corrected chi connectivity index (χ4v) is 4.30. The van der Waals surface area contributed by atoms with Crippen molar-refractivity contribution in [1.29, 1.82) is 0 Å². The summed E-state index contributed by atoms with van der Waals surface area (Å²) in [5.74, 6) is 0.353. The monoisotopic (exact) mass is 378 g/mol. The summed E-state index contributed by atoms with van der Waals surface area (Å²) in [7, 11) is 0. The first-order chi connectivity index (χ1) is 12.9. The van der Waals surface area contributed by atoms with Crippen molar-refractivity contribution in [2.24, 2.45) is 4.99 Å². The number of allylic oxidation sites excluding steroid dienone is 1. The summed E-state index contributed by atoms with van der Waals surface area (Å²) >= 11 is 1.57. The lowest BCUT2D eigenvalue weighted by molar-refractivity contribution is -0.117. The van der Waals surface area contributed by atoms with E-state index in [4.69, 9.17) is 0 Å². The topological polar surface area (TPSA) is 34.4 Å². The molecule has 0 saturated carbocycles. The first-order valence-corrected chi connectivity index (χ1v) is 10.1. The van der Waals surface area contributed by atoms with Gasteiger partial charge in [0.15, 0.2) is 4.80 Å². The molecule has 3 nitrogen and oxygen atoms in total. The van der Waals surface area contributed by atoms with Crippen LogP contribution in [0, 0.1) is 13.8 Å². The smallest absolute Gasteiger partial charge is 0.252 e. The summed E-state index contributed by atoms with van der Waals surface area (Å²) in [6.45, 7) is 13.0. The van der Waals surface area contributed by atoms with Crippen LogP contribution in [0.2, 0.25) is 0 Å². The molecule has 140 valence electrons. The van der Waals surface area contributed by atoms with Gasteiger partial charge in [-0.3, -0.25) is 4.79 Å². The normalized spacial score (nSPS) is 12.1. The van der Waals surface area contributed by atoms with E-state index >= 15 is 0 Å². The molecular formula is C23H26N2OS. The van der Waals surface area contributed by atoms with Crippen LogP contribution in [0.4, 0.5) is 0 Å². The highest BCUT2D eigenvalue weighted by atomic mass is 32.1. The molecule has 0 saturated heterocycles. The Labute approximate surface area is 164 Å². The zero-order chi connectivity index (χ0) is 19.6. The maximum absolute atomic E-state index is 12.6. The van der Waals surface area contributed by atoms with Gasteiger partial charge in [0.1, 0.15) is 0 Å². The Morgan fingerprint density at radius 3 is 2.67 bits per heavy atom. The number of nitrogens with zero attached hydrogens (tertiary/aromatic N) is 2. The molecule has 0 bridgehead atoms. The van der Waals surface area contributed by atoms with E-state index in [1.54, 1.807) is 11.3 Å². The van der Waals surface area contributed by atoms with E-state index in [-0.39, 0.29) is 5.91 Å². The summed E-state index contributed by atoms with van der Waals surface area (Å²) in [5.41, 5.74) is 5.77. The molecule has 0 fully saturated rings. The first kappa shape index (κ1) is 19.3. The van der Waals surface area contributed by atoms with Crippen LogP contribution in [-0.2, 0) is 17.8 Å². The summed E-state index contributed by atoms with van der Waals surface area (Å²) in [6, 6.07) is 12.7. The number of rotatable bonds is 5. The van der Waals surface area contributed by atoms with Crippen LogP contribution in [0.25, 0.3) is 10.2 Å². The average Bonchev–Trinajstić information content (AvgIpc) is 2.94. The van der Waals surface area contributed by atoms with Gasteiger partial charge in [0.25, 0.3) is 5.91 Å². The van der Waals surface area contributed by atoms with Gasteiger partial charge < -0.3 is 4.57 Å². The van der Waals surface area contributed by atoms with E-state index in [1.165, 1.54) is 11.1 Å². The van der Waals surface area contributed by atoms with Gasteiger partial charge in [-0.1, -0.05) is 61.1 Å². The number of hydrogen-bond donors (Lipinski definition) is 0. The van der Waals surface area contributed by atoms with E-state index in [1.807, 2.05) is 25.1 Å². The lowest BCUT2D eigenvalue weighted by atomic mass is 10.0. The highest BCUT2D eigenvalue weighted by Crippen LogP contribution is 2.23. The third-order valence-electron chi connectivity index (χ3n) is 4.75. The number of carbonyl (C=O) groups is 1. The molecule has 0 spiro atoms. The first-order valence-electron chi connectivity index (χ1n) is 9.27. The molecule has 0 aliphatic rings. The fraction of sp³-hybridized carbons (Fsp3) is 0.304. The summed E-state index contributed by atoms with van der Waals surface area (Å²) in [4.78, 5) is 17.8. The molecular weight excluding hydrogens is 352 g/mol. The van der Waals surface area contributed by atoms with Crippen molar-refractivity contribution in [3.8, 4) is 0 Å². The molecule has 3 aromatic rings. The molecule has 0 N–H and O–H groups in total. The molecule has 3 rings (SSSR count). The molecule has 2 aromatic carbocycles. The lowest BCUT2D eigenvalue weighted by Gasteiger charge is -2.06. The maximum atomic E-state index is 12.6. The molecule has 1 aromatic heterocycles. The number of aryl methyl sites for hydroxylation is 2. The van der Waals surface area contributed by atoms with Gasteiger partial charge in [0, 0.05) is 6.54 Å². The van der Waals surface area contributed by atoms with Gasteiger partial charge in [0.2, 0.25) is 0 Å². The van der Waals surface area contributed by atoms with Crippen molar-refractivity contribution in [3.05, 3.63) is 76.1 Å². The van der Waals surface area contributed by atoms with E-state index in [0.29, 0.717) is 18.9 Å². The van der Waals surface area contributed by atoms with Crippen LogP contribution >= 0.6 is 11.3 Å². The Balaban J connectivity index is 2.01. The van der Waals surface area contributed by atoms with E-state index in [2.05, 4.69) is 61.2 Å². The van der Waals surface area contributed by atoms with Gasteiger partial charge in [-0.05, 0) is 48.6 Å². The Bertz CT molecular complexity index is 1070. The Kier molecular flexibility index (Phi) is 5.76. The lowest BCUT2D eigenvalue weighted by Crippen LogP contribution is -2.17. The number of carbonyl (C=O) groups excluding carboxylic acids is 1. The van der Waals surface area contributed by atoms with Crippen molar-refractivity contribution in [1.82, 2.24) is 4.57 Å². The highest BCUT2D eigenvalue weighted by Gasteiger charge is 2.10. The van der Waals surface area contributed by atoms with Gasteiger partial charge in [0.05, 0.1) is 16.6 Å². The molecule has 1 heterocycles. The van der Waals surface area contributed by atoms with E-state index in [0.717, 1.165) is 26.1 Å².